The van der Waals surface area contributed by atoms with Gasteiger partial charge in [-0.1, -0.05) is 42.5 Å². The molecular weight excluding hydrogens is 372 g/mol. The molecule has 1 saturated heterocycles. The number of hydrogen-bond acceptors (Lipinski definition) is 3. The van der Waals surface area contributed by atoms with Crippen LogP contribution >= 0.6 is 0 Å². The lowest BCUT2D eigenvalue weighted by Gasteiger charge is -2.29. The molecule has 0 bridgehead atoms. The fourth-order valence-electron chi connectivity index (χ4n) is 4.41. The molecule has 0 N–H and O–H groups in total. The average Bonchev–Trinajstić information content (AvgIpc) is 2.80. The number of sulfonamides is 1. The number of fused-ring (bicyclic) bond motifs is 2. The van der Waals surface area contributed by atoms with Gasteiger partial charge in [0, 0.05) is 25.8 Å². The Balaban J connectivity index is 1.72. The maximum atomic E-state index is 13.3. The van der Waals surface area contributed by atoms with E-state index in [1.807, 2.05) is 31.2 Å². The van der Waals surface area contributed by atoms with Crippen molar-refractivity contribution in [2.75, 3.05) is 25.0 Å². The molecule has 0 aromatic heterocycles. The van der Waals surface area contributed by atoms with Crippen molar-refractivity contribution in [1.82, 2.24) is 4.31 Å². The summed E-state index contributed by atoms with van der Waals surface area (Å²) in [6.07, 6.45) is 1.16. The molecule has 0 radical (unpaired) electrons. The molecule has 2 heterocycles. The second-order valence-corrected chi connectivity index (χ2v) is 9.58. The summed E-state index contributed by atoms with van der Waals surface area (Å²) < 4.78 is 27.8. The van der Waals surface area contributed by atoms with Crippen molar-refractivity contribution in [3.8, 4) is 0 Å². The van der Waals surface area contributed by atoms with Gasteiger partial charge < -0.3 is 4.90 Å². The summed E-state index contributed by atoms with van der Waals surface area (Å²) >= 11 is 0. The second kappa shape index (κ2) is 6.57. The van der Waals surface area contributed by atoms with Crippen LogP contribution in [-0.2, 0) is 20.2 Å². The number of benzene rings is 2. The Morgan fingerprint density at radius 1 is 1.07 bits per heavy atom. The third-order valence-corrected chi connectivity index (χ3v) is 7.84. The normalized spacial score (nSPS) is 23.1. The van der Waals surface area contributed by atoms with Crippen molar-refractivity contribution >= 4 is 21.6 Å². The minimum absolute atomic E-state index is 0.0201. The van der Waals surface area contributed by atoms with E-state index in [9.17, 15) is 13.2 Å². The molecule has 28 heavy (non-hydrogen) atoms. The molecule has 146 valence electrons. The summed E-state index contributed by atoms with van der Waals surface area (Å²) in [6, 6.07) is 14.6. The number of rotatable bonds is 2. The van der Waals surface area contributed by atoms with Gasteiger partial charge in [0.05, 0.1) is 10.3 Å². The Bertz CT molecular complexity index is 1060. The van der Waals surface area contributed by atoms with Crippen molar-refractivity contribution in [2.24, 2.45) is 0 Å². The summed E-state index contributed by atoms with van der Waals surface area (Å²) in [6.45, 7) is 6.65. The molecule has 4 rings (SSSR count). The third kappa shape index (κ3) is 2.63. The fraction of sp³-hybridized carbons (Fsp3) is 0.318. The minimum atomic E-state index is -3.64. The van der Waals surface area contributed by atoms with Gasteiger partial charge in [0.1, 0.15) is 0 Å². The first kappa shape index (κ1) is 18.9. The Kier molecular flexibility index (Phi) is 4.43. The zero-order chi connectivity index (χ0) is 20.1. The molecule has 5 nitrogen and oxygen atoms in total. The first-order valence-corrected chi connectivity index (χ1v) is 10.9. The van der Waals surface area contributed by atoms with E-state index < -0.39 is 15.4 Å². The van der Waals surface area contributed by atoms with Crippen LogP contribution in [-0.4, -0.2) is 38.8 Å². The highest BCUT2D eigenvalue weighted by molar-refractivity contribution is 7.89. The number of aryl methyl sites for hydroxylation is 1. The van der Waals surface area contributed by atoms with Crippen molar-refractivity contribution in [2.45, 2.75) is 30.1 Å². The van der Waals surface area contributed by atoms with Crippen molar-refractivity contribution in [3.63, 3.8) is 0 Å². The van der Waals surface area contributed by atoms with Gasteiger partial charge in [0.2, 0.25) is 15.9 Å². The van der Waals surface area contributed by atoms with E-state index in [-0.39, 0.29) is 17.3 Å². The fourth-order valence-corrected chi connectivity index (χ4v) is 5.88. The standard InChI is InChI=1S/C22H24N2O3S/c1-16-9-11-18(12-10-16)28(26,27)24-14-6-13-22(17(2)15-24)19-7-4-5-8-20(19)23(3)21(22)25/h4-5,7-12H,2,6,13-15H2,1,3H3. The van der Waals surface area contributed by atoms with Crippen LogP contribution in [0.2, 0.25) is 0 Å². The lowest BCUT2D eigenvalue weighted by atomic mass is 9.73. The van der Waals surface area contributed by atoms with Crippen LogP contribution in [0.4, 0.5) is 5.69 Å². The van der Waals surface area contributed by atoms with Gasteiger partial charge in [-0.25, -0.2) is 8.42 Å². The maximum Gasteiger partial charge on any atom is 0.243 e. The lowest BCUT2D eigenvalue weighted by molar-refractivity contribution is -0.121. The monoisotopic (exact) mass is 396 g/mol. The number of nitrogens with zero attached hydrogens (tertiary/aromatic N) is 2. The van der Waals surface area contributed by atoms with E-state index in [4.69, 9.17) is 0 Å². The Morgan fingerprint density at radius 2 is 1.75 bits per heavy atom. The van der Waals surface area contributed by atoms with E-state index in [1.165, 1.54) is 4.31 Å². The summed E-state index contributed by atoms with van der Waals surface area (Å²) in [4.78, 5) is 15.2. The number of carbonyl (C=O) groups is 1. The molecular formula is C22H24N2O3S. The summed E-state index contributed by atoms with van der Waals surface area (Å²) in [5, 5.41) is 0. The minimum Gasteiger partial charge on any atom is -0.314 e. The van der Waals surface area contributed by atoms with Gasteiger partial charge in [0.15, 0.2) is 0 Å². The van der Waals surface area contributed by atoms with Crippen molar-refractivity contribution in [1.29, 1.82) is 0 Å². The predicted molar refractivity (Wildman–Crippen MR) is 110 cm³/mol. The highest BCUT2D eigenvalue weighted by atomic mass is 32.2. The number of carbonyl (C=O) groups excluding carboxylic acids is 1. The van der Waals surface area contributed by atoms with Crippen LogP contribution in [0.15, 0.2) is 65.6 Å². The molecule has 1 spiro atoms. The average molecular weight is 397 g/mol. The number of likely N-dealkylation sites (N-methyl/N-ethyl adjacent to an activating group) is 1. The van der Waals surface area contributed by atoms with Gasteiger partial charge >= 0.3 is 0 Å². The number of anilines is 1. The van der Waals surface area contributed by atoms with Crippen LogP contribution in [0.5, 0.6) is 0 Å². The van der Waals surface area contributed by atoms with Gasteiger partial charge in [-0.3, -0.25) is 4.79 Å². The van der Waals surface area contributed by atoms with E-state index in [0.717, 1.165) is 16.8 Å². The molecule has 2 aromatic rings. The van der Waals surface area contributed by atoms with Gasteiger partial charge in [-0.15, -0.1) is 0 Å². The van der Waals surface area contributed by atoms with Gasteiger partial charge in [-0.2, -0.15) is 4.31 Å². The zero-order valence-corrected chi connectivity index (χ0v) is 17.0. The van der Waals surface area contributed by atoms with Crippen molar-refractivity contribution in [3.05, 3.63) is 71.8 Å². The first-order chi connectivity index (χ1) is 13.3. The number of para-hydroxylation sites is 1. The summed E-state index contributed by atoms with van der Waals surface area (Å²) in [5.41, 5.74) is 2.62. The zero-order valence-electron chi connectivity index (χ0n) is 16.2. The van der Waals surface area contributed by atoms with Crippen LogP contribution in [0.1, 0.15) is 24.0 Å². The van der Waals surface area contributed by atoms with E-state index in [0.29, 0.717) is 25.0 Å². The Hall–Kier alpha value is -2.44. The largest absolute Gasteiger partial charge is 0.314 e. The molecule has 1 atom stereocenters. The molecule has 1 fully saturated rings. The SMILES string of the molecule is C=C1CN(S(=O)(=O)c2ccc(C)cc2)CCCC12C(=O)N(C)c1ccccc12. The topological polar surface area (TPSA) is 57.7 Å². The smallest absolute Gasteiger partial charge is 0.243 e. The molecule has 0 saturated carbocycles. The predicted octanol–water partition coefficient (Wildman–Crippen LogP) is 3.25. The molecule has 0 aliphatic carbocycles. The highest BCUT2D eigenvalue weighted by Gasteiger charge is 2.52. The van der Waals surface area contributed by atoms with E-state index >= 15 is 0 Å². The highest BCUT2D eigenvalue weighted by Crippen LogP contribution is 2.49. The van der Waals surface area contributed by atoms with Crippen LogP contribution in [0.25, 0.3) is 0 Å². The quantitative estimate of drug-likeness (QED) is 0.732. The van der Waals surface area contributed by atoms with Gasteiger partial charge in [0.25, 0.3) is 0 Å². The number of amides is 1. The van der Waals surface area contributed by atoms with E-state index in [1.54, 1.807) is 36.2 Å². The molecule has 2 aliphatic rings. The van der Waals surface area contributed by atoms with Crippen LogP contribution < -0.4 is 4.90 Å². The van der Waals surface area contributed by atoms with Crippen LogP contribution in [0.3, 0.4) is 0 Å². The van der Waals surface area contributed by atoms with Gasteiger partial charge in [-0.05, 0) is 49.1 Å². The van der Waals surface area contributed by atoms with E-state index in [2.05, 4.69) is 6.58 Å². The second-order valence-electron chi connectivity index (χ2n) is 7.65. The molecule has 1 amide bonds. The van der Waals surface area contributed by atoms with Crippen LogP contribution in [0, 0.1) is 6.92 Å². The molecule has 2 aliphatic heterocycles. The summed E-state index contributed by atoms with van der Waals surface area (Å²) in [7, 11) is -1.87. The van der Waals surface area contributed by atoms with Crippen molar-refractivity contribution < 1.29 is 13.2 Å². The molecule has 2 aromatic carbocycles. The summed E-state index contributed by atoms with van der Waals surface area (Å²) in [5.74, 6) is -0.0201. The molecule has 6 heteroatoms. The Morgan fingerprint density at radius 3 is 2.46 bits per heavy atom. The molecule has 1 unspecified atom stereocenters. The first-order valence-electron chi connectivity index (χ1n) is 9.41. The third-order valence-electron chi connectivity index (χ3n) is 5.98. The lowest BCUT2D eigenvalue weighted by Crippen LogP contribution is -2.41. The maximum absolute atomic E-state index is 13.3. The number of hydrogen-bond donors (Lipinski definition) is 0. The Labute approximate surface area is 166 Å².